The molecule has 5 heteroatoms. The van der Waals surface area contributed by atoms with E-state index in [4.69, 9.17) is 0 Å². The van der Waals surface area contributed by atoms with E-state index in [0.717, 1.165) is 31.4 Å². The molecule has 1 unspecified atom stereocenters. The Morgan fingerprint density at radius 2 is 2.08 bits per heavy atom. The molecule has 0 radical (unpaired) electrons. The summed E-state index contributed by atoms with van der Waals surface area (Å²) in [5.41, 5.74) is 2.63. The van der Waals surface area contributed by atoms with Crippen LogP contribution >= 0.6 is 0 Å². The highest BCUT2D eigenvalue weighted by Gasteiger charge is 2.25. The molecule has 25 heavy (non-hydrogen) atoms. The Kier molecular flexibility index (Phi) is 5.53. The number of anilines is 1. The molecule has 1 atom stereocenters. The first kappa shape index (κ1) is 17.3. The molecule has 1 N–H and O–H groups in total. The van der Waals surface area contributed by atoms with Crippen molar-refractivity contribution in [2.45, 2.75) is 18.9 Å². The van der Waals surface area contributed by atoms with Gasteiger partial charge in [0.1, 0.15) is 5.82 Å². The molecular weight excluding hydrogens is 310 g/mol. The van der Waals surface area contributed by atoms with E-state index < -0.39 is 0 Å². The summed E-state index contributed by atoms with van der Waals surface area (Å²) in [4.78, 5) is 13.2. The predicted molar refractivity (Wildman–Crippen MR) is 104 cm³/mol. The smallest absolute Gasteiger partial charge is 0.193 e. The van der Waals surface area contributed by atoms with E-state index >= 15 is 0 Å². The van der Waals surface area contributed by atoms with Crippen molar-refractivity contribution in [1.29, 1.82) is 0 Å². The van der Waals surface area contributed by atoms with Gasteiger partial charge in [-0.05, 0) is 29.7 Å². The number of aliphatic imine (C=N–C) groups is 1. The van der Waals surface area contributed by atoms with E-state index in [9.17, 15) is 0 Å². The number of guanidine groups is 1. The Morgan fingerprint density at radius 1 is 1.28 bits per heavy atom. The number of nitrogens with zero attached hydrogens (tertiary/aromatic N) is 4. The average molecular weight is 337 g/mol. The van der Waals surface area contributed by atoms with Gasteiger partial charge in [-0.1, -0.05) is 30.3 Å². The Hall–Kier alpha value is -2.56. The molecule has 1 aliphatic rings. The molecule has 5 nitrogen and oxygen atoms in total. The van der Waals surface area contributed by atoms with Crippen molar-refractivity contribution in [2.24, 2.45) is 4.99 Å². The highest BCUT2D eigenvalue weighted by molar-refractivity contribution is 5.80. The van der Waals surface area contributed by atoms with Gasteiger partial charge in [-0.15, -0.1) is 0 Å². The predicted octanol–water partition coefficient (Wildman–Crippen LogP) is 2.71. The summed E-state index contributed by atoms with van der Waals surface area (Å²) in [6.07, 6.45) is 3.03. The van der Waals surface area contributed by atoms with Crippen LogP contribution in [0.4, 0.5) is 5.82 Å². The van der Waals surface area contributed by atoms with Gasteiger partial charge in [0.2, 0.25) is 0 Å². The first-order valence-corrected chi connectivity index (χ1v) is 8.80. The minimum Gasteiger partial charge on any atom is -0.363 e. The Morgan fingerprint density at radius 3 is 2.80 bits per heavy atom. The van der Waals surface area contributed by atoms with Crippen molar-refractivity contribution in [3.8, 4) is 0 Å². The quantitative estimate of drug-likeness (QED) is 0.688. The van der Waals surface area contributed by atoms with Gasteiger partial charge in [0, 0.05) is 52.9 Å². The zero-order chi connectivity index (χ0) is 17.6. The fourth-order valence-electron chi connectivity index (χ4n) is 3.28. The lowest BCUT2D eigenvalue weighted by atomic mass is 9.99. The summed E-state index contributed by atoms with van der Waals surface area (Å²) in [5, 5.41) is 3.50. The maximum Gasteiger partial charge on any atom is 0.193 e. The Bertz CT molecular complexity index is 711. The molecule has 1 fully saturated rings. The van der Waals surface area contributed by atoms with Crippen molar-refractivity contribution in [2.75, 3.05) is 39.1 Å². The molecule has 1 saturated heterocycles. The van der Waals surface area contributed by atoms with E-state index in [1.165, 1.54) is 17.5 Å². The van der Waals surface area contributed by atoms with Crippen LogP contribution < -0.4 is 10.2 Å². The van der Waals surface area contributed by atoms with Crippen LogP contribution in [0.25, 0.3) is 0 Å². The third kappa shape index (κ3) is 4.29. The van der Waals surface area contributed by atoms with Crippen LogP contribution in [0.5, 0.6) is 0 Å². The van der Waals surface area contributed by atoms with Crippen LogP contribution in [0, 0.1) is 0 Å². The van der Waals surface area contributed by atoms with Crippen LogP contribution in [0.3, 0.4) is 0 Å². The van der Waals surface area contributed by atoms with Crippen LogP contribution in [0.1, 0.15) is 23.5 Å². The molecule has 1 aromatic heterocycles. The molecule has 2 heterocycles. The third-order valence-corrected chi connectivity index (χ3v) is 4.69. The largest absolute Gasteiger partial charge is 0.363 e. The van der Waals surface area contributed by atoms with Crippen molar-refractivity contribution >= 4 is 11.8 Å². The maximum atomic E-state index is 4.48. The van der Waals surface area contributed by atoms with Gasteiger partial charge in [-0.3, -0.25) is 4.99 Å². The number of hydrogen-bond donors (Lipinski definition) is 1. The number of likely N-dealkylation sites (tertiary alicyclic amines) is 1. The lowest BCUT2D eigenvalue weighted by molar-refractivity contribution is 0.486. The number of rotatable bonds is 4. The van der Waals surface area contributed by atoms with Crippen LogP contribution in [-0.2, 0) is 6.54 Å². The summed E-state index contributed by atoms with van der Waals surface area (Å²) in [6, 6.07) is 14.9. The lowest BCUT2D eigenvalue weighted by Gasteiger charge is -2.22. The number of benzene rings is 1. The summed E-state index contributed by atoms with van der Waals surface area (Å²) in [7, 11) is 5.87. The number of pyridine rings is 1. The molecule has 0 aliphatic carbocycles. The van der Waals surface area contributed by atoms with Crippen molar-refractivity contribution in [3.63, 3.8) is 0 Å². The van der Waals surface area contributed by atoms with Gasteiger partial charge < -0.3 is 15.1 Å². The van der Waals surface area contributed by atoms with Crippen LogP contribution in [-0.4, -0.2) is 50.1 Å². The van der Waals surface area contributed by atoms with Gasteiger partial charge in [0.05, 0.1) is 0 Å². The standard InChI is InChI=1S/C20H27N5/c1-21-20(23-14-16-9-11-22-19(13-16)24(2)3)25-12-10-18(15-25)17-7-5-4-6-8-17/h4-9,11,13,18H,10,12,14-15H2,1-3H3,(H,21,23). The highest BCUT2D eigenvalue weighted by atomic mass is 15.3. The Labute approximate surface area is 150 Å². The SMILES string of the molecule is CN=C(NCc1ccnc(N(C)C)c1)N1CCC(c2ccccc2)C1. The second-order valence-corrected chi connectivity index (χ2v) is 6.66. The third-order valence-electron chi connectivity index (χ3n) is 4.69. The molecule has 0 bridgehead atoms. The van der Waals surface area contributed by atoms with Crippen molar-refractivity contribution in [3.05, 3.63) is 59.8 Å². The molecule has 3 rings (SSSR count). The summed E-state index contributed by atoms with van der Waals surface area (Å²) in [6.45, 7) is 2.81. The topological polar surface area (TPSA) is 43.8 Å². The Balaban J connectivity index is 1.59. The van der Waals surface area contributed by atoms with E-state index in [-0.39, 0.29) is 0 Å². The fourth-order valence-corrected chi connectivity index (χ4v) is 3.28. The molecule has 1 aromatic carbocycles. The zero-order valence-electron chi connectivity index (χ0n) is 15.3. The molecule has 0 amide bonds. The summed E-state index contributed by atoms with van der Waals surface area (Å²) < 4.78 is 0. The van der Waals surface area contributed by atoms with Gasteiger partial charge in [-0.25, -0.2) is 4.98 Å². The minimum atomic E-state index is 0.584. The first-order chi connectivity index (χ1) is 12.2. The van der Waals surface area contributed by atoms with E-state index in [0.29, 0.717) is 5.92 Å². The highest BCUT2D eigenvalue weighted by Crippen LogP contribution is 2.26. The lowest BCUT2D eigenvalue weighted by Crippen LogP contribution is -2.39. The van der Waals surface area contributed by atoms with Gasteiger partial charge >= 0.3 is 0 Å². The van der Waals surface area contributed by atoms with Gasteiger partial charge in [0.25, 0.3) is 0 Å². The number of aromatic nitrogens is 1. The number of nitrogens with one attached hydrogen (secondary N) is 1. The molecular formula is C20H27N5. The molecule has 0 saturated carbocycles. The average Bonchev–Trinajstić information content (AvgIpc) is 3.13. The number of hydrogen-bond acceptors (Lipinski definition) is 3. The second-order valence-electron chi connectivity index (χ2n) is 6.66. The fraction of sp³-hybridized carbons (Fsp3) is 0.400. The molecule has 132 valence electrons. The van der Waals surface area contributed by atoms with Gasteiger partial charge in [-0.2, -0.15) is 0 Å². The van der Waals surface area contributed by atoms with E-state index in [2.05, 4.69) is 56.6 Å². The molecule has 2 aromatic rings. The zero-order valence-corrected chi connectivity index (χ0v) is 15.3. The first-order valence-electron chi connectivity index (χ1n) is 8.80. The molecule has 1 aliphatic heterocycles. The van der Waals surface area contributed by atoms with Crippen LogP contribution in [0.2, 0.25) is 0 Å². The van der Waals surface area contributed by atoms with Crippen LogP contribution in [0.15, 0.2) is 53.7 Å². The summed E-state index contributed by atoms with van der Waals surface area (Å²) in [5.74, 6) is 2.53. The monoisotopic (exact) mass is 337 g/mol. The summed E-state index contributed by atoms with van der Waals surface area (Å²) >= 11 is 0. The minimum absolute atomic E-state index is 0.584. The molecule has 0 spiro atoms. The van der Waals surface area contributed by atoms with Crippen molar-refractivity contribution < 1.29 is 0 Å². The second kappa shape index (κ2) is 8.01. The van der Waals surface area contributed by atoms with Gasteiger partial charge in [0.15, 0.2) is 5.96 Å². The van der Waals surface area contributed by atoms with E-state index in [1.807, 2.05) is 38.3 Å². The maximum absolute atomic E-state index is 4.48. The van der Waals surface area contributed by atoms with E-state index in [1.54, 1.807) is 0 Å². The normalized spacial score (nSPS) is 17.6. The van der Waals surface area contributed by atoms with Crippen molar-refractivity contribution in [1.82, 2.24) is 15.2 Å².